The highest BCUT2D eigenvalue weighted by Crippen LogP contribution is 2.35. The third-order valence-corrected chi connectivity index (χ3v) is 4.89. The van der Waals surface area contributed by atoms with E-state index < -0.39 is 0 Å². The average Bonchev–Trinajstić information content (AvgIpc) is 2.55. The Morgan fingerprint density at radius 3 is 2.22 bits per heavy atom. The van der Waals surface area contributed by atoms with Gasteiger partial charge in [-0.05, 0) is 59.1 Å². The molecule has 0 aromatic heterocycles. The van der Waals surface area contributed by atoms with Crippen LogP contribution in [0.5, 0.6) is 5.75 Å². The summed E-state index contributed by atoms with van der Waals surface area (Å²) in [5.41, 5.74) is 5.45. The van der Waals surface area contributed by atoms with Gasteiger partial charge in [0.2, 0.25) is 0 Å². The van der Waals surface area contributed by atoms with Crippen LogP contribution in [-0.2, 0) is 15.6 Å². The zero-order chi connectivity index (χ0) is 20.4. The van der Waals surface area contributed by atoms with Gasteiger partial charge >= 0.3 is 0 Å². The lowest BCUT2D eigenvalue weighted by molar-refractivity contribution is -0.118. The van der Waals surface area contributed by atoms with Crippen molar-refractivity contribution in [1.82, 2.24) is 0 Å². The van der Waals surface area contributed by atoms with Crippen molar-refractivity contribution in [3.8, 4) is 5.75 Å². The molecule has 27 heavy (non-hydrogen) atoms. The van der Waals surface area contributed by atoms with Crippen LogP contribution >= 0.6 is 0 Å². The number of benzene rings is 2. The average molecular weight is 368 g/mol. The molecular weight excluding hydrogens is 334 g/mol. The number of anilines is 1. The van der Waals surface area contributed by atoms with E-state index in [-0.39, 0.29) is 23.3 Å². The molecule has 0 unspecified atom stereocenters. The second kappa shape index (κ2) is 7.75. The van der Waals surface area contributed by atoms with E-state index in [1.54, 1.807) is 0 Å². The first-order valence-electron chi connectivity index (χ1n) is 9.53. The minimum Gasteiger partial charge on any atom is -0.483 e. The maximum Gasteiger partial charge on any atom is 0.262 e. The third-order valence-electron chi connectivity index (χ3n) is 4.89. The number of nitrogens with one attached hydrogen (secondary N) is 1. The SMILES string of the molecule is Cc1cccc(NC(=O)COc2ccc(C(C)(C)C)cc2C(C)(C)C)c1C. The van der Waals surface area contributed by atoms with Gasteiger partial charge < -0.3 is 10.1 Å². The second-order valence-electron chi connectivity index (χ2n) is 9.30. The molecule has 0 aliphatic heterocycles. The van der Waals surface area contributed by atoms with Gasteiger partial charge in [0, 0.05) is 5.69 Å². The molecule has 0 aliphatic carbocycles. The molecule has 0 bridgehead atoms. The van der Waals surface area contributed by atoms with Crippen LogP contribution in [0.3, 0.4) is 0 Å². The van der Waals surface area contributed by atoms with Crippen LogP contribution in [0, 0.1) is 13.8 Å². The minimum absolute atomic E-state index is 0.00860. The van der Waals surface area contributed by atoms with Crippen molar-refractivity contribution < 1.29 is 9.53 Å². The summed E-state index contributed by atoms with van der Waals surface area (Å²) in [5.74, 6) is 0.620. The summed E-state index contributed by atoms with van der Waals surface area (Å²) >= 11 is 0. The highest BCUT2D eigenvalue weighted by atomic mass is 16.5. The van der Waals surface area contributed by atoms with E-state index in [0.29, 0.717) is 0 Å². The monoisotopic (exact) mass is 367 g/mol. The Hall–Kier alpha value is -2.29. The van der Waals surface area contributed by atoms with Gasteiger partial charge in [0.15, 0.2) is 6.61 Å². The van der Waals surface area contributed by atoms with Crippen molar-refractivity contribution in [3.63, 3.8) is 0 Å². The van der Waals surface area contributed by atoms with Crippen molar-refractivity contribution in [2.45, 2.75) is 66.2 Å². The number of ether oxygens (including phenoxy) is 1. The fraction of sp³-hybridized carbons (Fsp3) is 0.458. The highest BCUT2D eigenvalue weighted by Gasteiger charge is 2.23. The maximum atomic E-state index is 12.4. The van der Waals surface area contributed by atoms with E-state index in [4.69, 9.17) is 4.74 Å². The first-order valence-corrected chi connectivity index (χ1v) is 9.53. The Labute approximate surface area is 164 Å². The molecule has 0 radical (unpaired) electrons. The van der Waals surface area contributed by atoms with Gasteiger partial charge in [-0.2, -0.15) is 0 Å². The quantitative estimate of drug-likeness (QED) is 0.729. The van der Waals surface area contributed by atoms with Crippen LogP contribution in [0.15, 0.2) is 36.4 Å². The van der Waals surface area contributed by atoms with Gasteiger partial charge in [-0.15, -0.1) is 0 Å². The molecule has 2 aromatic carbocycles. The van der Waals surface area contributed by atoms with Gasteiger partial charge in [-0.1, -0.05) is 65.8 Å². The van der Waals surface area contributed by atoms with Crippen molar-refractivity contribution >= 4 is 11.6 Å². The van der Waals surface area contributed by atoms with Gasteiger partial charge in [-0.3, -0.25) is 4.79 Å². The van der Waals surface area contributed by atoms with Crippen molar-refractivity contribution in [3.05, 3.63) is 58.7 Å². The summed E-state index contributed by atoms with van der Waals surface area (Å²) in [5, 5.41) is 2.95. The second-order valence-corrected chi connectivity index (χ2v) is 9.30. The normalized spacial score (nSPS) is 12.0. The lowest BCUT2D eigenvalue weighted by Gasteiger charge is -2.27. The van der Waals surface area contributed by atoms with Crippen LogP contribution in [0.4, 0.5) is 5.69 Å². The van der Waals surface area contributed by atoms with Crippen molar-refractivity contribution in [2.24, 2.45) is 0 Å². The first-order chi connectivity index (χ1) is 12.4. The fourth-order valence-electron chi connectivity index (χ4n) is 2.92. The number of amides is 1. The van der Waals surface area contributed by atoms with E-state index in [2.05, 4.69) is 59.0 Å². The molecule has 0 fully saturated rings. The third kappa shape index (κ3) is 5.35. The van der Waals surface area contributed by atoms with E-state index in [0.717, 1.165) is 28.1 Å². The molecule has 2 aromatic rings. The Bertz CT molecular complexity index is 823. The molecule has 1 amide bonds. The van der Waals surface area contributed by atoms with E-state index in [9.17, 15) is 4.79 Å². The molecular formula is C24H33NO2. The van der Waals surface area contributed by atoms with Crippen molar-refractivity contribution in [2.75, 3.05) is 11.9 Å². The molecule has 0 heterocycles. The van der Waals surface area contributed by atoms with E-state index in [1.165, 1.54) is 5.56 Å². The predicted octanol–water partition coefficient (Wildman–Crippen LogP) is 5.92. The van der Waals surface area contributed by atoms with Crippen LogP contribution in [0.2, 0.25) is 0 Å². The van der Waals surface area contributed by atoms with Crippen LogP contribution in [0.1, 0.15) is 63.8 Å². The number of rotatable bonds is 4. The number of carbonyl (C=O) groups is 1. The standard InChI is InChI=1S/C24H33NO2/c1-16-10-9-11-20(17(16)2)25-22(26)15-27-21-13-12-18(23(3,4)5)14-19(21)24(6,7)8/h9-14H,15H2,1-8H3,(H,25,26). The summed E-state index contributed by atoms with van der Waals surface area (Å²) in [6, 6.07) is 12.2. The first kappa shape index (κ1) is 21.0. The zero-order valence-electron chi connectivity index (χ0n) is 18.0. The summed E-state index contributed by atoms with van der Waals surface area (Å²) in [4.78, 5) is 12.4. The molecule has 1 N–H and O–H groups in total. The Balaban J connectivity index is 2.17. The number of carbonyl (C=O) groups excluding carboxylic acids is 1. The maximum absolute atomic E-state index is 12.4. The Morgan fingerprint density at radius 2 is 1.63 bits per heavy atom. The summed E-state index contributed by atoms with van der Waals surface area (Å²) in [7, 11) is 0. The van der Waals surface area contributed by atoms with E-state index in [1.807, 2.05) is 38.1 Å². The van der Waals surface area contributed by atoms with Gasteiger partial charge in [0.25, 0.3) is 5.91 Å². The lowest BCUT2D eigenvalue weighted by atomic mass is 9.80. The Kier molecular flexibility index (Phi) is 6.04. The largest absolute Gasteiger partial charge is 0.483 e. The topological polar surface area (TPSA) is 38.3 Å². The minimum atomic E-state index is -0.150. The van der Waals surface area contributed by atoms with Crippen molar-refractivity contribution in [1.29, 1.82) is 0 Å². The van der Waals surface area contributed by atoms with Crippen LogP contribution < -0.4 is 10.1 Å². The zero-order valence-corrected chi connectivity index (χ0v) is 18.0. The molecule has 0 aliphatic rings. The van der Waals surface area contributed by atoms with Gasteiger partial charge in [0.1, 0.15) is 5.75 Å². The molecule has 0 spiro atoms. The molecule has 3 heteroatoms. The molecule has 3 nitrogen and oxygen atoms in total. The predicted molar refractivity (Wildman–Crippen MR) is 114 cm³/mol. The highest BCUT2D eigenvalue weighted by molar-refractivity contribution is 5.92. The smallest absolute Gasteiger partial charge is 0.262 e. The van der Waals surface area contributed by atoms with Gasteiger partial charge in [-0.25, -0.2) is 0 Å². The summed E-state index contributed by atoms with van der Waals surface area (Å²) < 4.78 is 5.92. The summed E-state index contributed by atoms with van der Waals surface area (Å²) in [6.07, 6.45) is 0. The Morgan fingerprint density at radius 1 is 0.963 bits per heavy atom. The molecule has 0 atom stereocenters. The van der Waals surface area contributed by atoms with E-state index >= 15 is 0 Å². The molecule has 0 saturated carbocycles. The van der Waals surface area contributed by atoms with Crippen LogP contribution in [-0.4, -0.2) is 12.5 Å². The van der Waals surface area contributed by atoms with Crippen LogP contribution in [0.25, 0.3) is 0 Å². The molecule has 2 rings (SSSR count). The summed E-state index contributed by atoms with van der Waals surface area (Å²) in [6.45, 7) is 17.1. The lowest BCUT2D eigenvalue weighted by Crippen LogP contribution is -2.23. The number of hydrogen-bond donors (Lipinski definition) is 1. The molecule has 0 saturated heterocycles. The number of hydrogen-bond acceptors (Lipinski definition) is 2. The van der Waals surface area contributed by atoms with Gasteiger partial charge in [0.05, 0.1) is 0 Å². The fourth-order valence-corrected chi connectivity index (χ4v) is 2.92. The number of aryl methyl sites for hydroxylation is 1. The molecule has 146 valence electrons.